The highest BCUT2D eigenvalue weighted by molar-refractivity contribution is 5.87. The van der Waals surface area contributed by atoms with Gasteiger partial charge in [0, 0.05) is 6.20 Å². The Hall–Kier alpha value is -2.51. The van der Waals surface area contributed by atoms with Gasteiger partial charge in [-0.05, 0) is 12.1 Å². The predicted octanol–water partition coefficient (Wildman–Crippen LogP) is 0.829. The molecule has 0 radical (unpaired) electrons. The van der Waals surface area contributed by atoms with Gasteiger partial charge in [-0.15, -0.1) is 5.10 Å². The van der Waals surface area contributed by atoms with Gasteiger partial charge in [0.1, 0.15) is 0 Å². The van der Waals surface area contributed by atoms with Crippen LogP contribution in [0, 0.1) is 5.95 Å². The zero-order chi connectivity index (χ0) is 11.5. The lowest BCUT2D eigenvalue weighted by Gasteiger charge is -2.02. The largest absolute Gasteiger partial charge is 0.476 e. The molecular formula is C8H5FN4O3. The van der Waals surface area contributed by atoms with Crippen molar-refractivity contribution < 1.29 is 19.0 Å². The van der Waals surface area contributed by atoms with Crippen molar-refractivity contribution in [2.24, 2.45) is 0 Å². The summed E-state index contributed by atoms with van der Waals surface area (Å²) in [6.45, 7) is 0. The molecule has 7 nitrogen and oxygen atoms in total. The number of aromatic carboxylic acids is 1. The fraction of sp³-hybridized carbons (Fsp3) is 0. The molecule has 0 bridgehead atoms. The van der Waals surface area contributed by atoms with Crippen molar-refractivity contribution in [2.45, 2.75) is 0 Å². The molecule has 16 heavy (non-hydrogen) atoms. The number of hydrogen-bond donors (Lipinski definition) is 2. The van der Waals surface area contributed by atoms with Crippen molar-refractivity contribution in [1.82, 2.24) is 20.4 Å². The Morgan fingerprint density at radius 2 is 2.38 bits per heavy atom. The number of hydrogen-bond acceptors (Lipinski definition) is 5. The first-order chi connectivity index (χ1) is 7.68. The summed E-state index contributed by atoms with van der Waals surface area (Å²) in [4.78, 5) is 14.0. The second-order valence-electron chi connectivity index (χ2n) is 2.69. The number of aromatic amines is 1. The quantitative estimate of drug-likeness (QED) is 0.748. The Labute approximate surface area is 87.9 Å². The lowest BCUT2D eigenvalue weighted by atomic mass is 10.4. The molecule has 0 aliphatic heterocycles. The van der Waals surface area contributed by atoms with Crippen LogP contribution in [0.25, 0.3) is 0 Å². The number of carboxylic acids is 1. The smallest absolute Gasteiger partial charge is 0.362 e. The molecule has 0 aliphatic carbocycles. The van der Waals surface area contributed by atoms with Gasteiger partial charge in [0.2, 0.25) is 5.69 Å². The number of nitrogens with zero attached hydrogens (tertiary/aromatic N) is 3. The maximum atomic E-state index is 13.1. The van der Waals surface area contributed by atoms with E-state index >= 15 is 0 Å². The van der Waals surface area contributed by atoms with Gasteiger partial charge in [0.25, 0.3) is 11.8 Å². The van der Waals surface area contributed by atoms with E-state index in [0.717, 1.165) is 0 Å². The summed E-state index contributed by atoms with van der Waals surface area (Å²) in [7, 11) is 0. The Kier molecular flexibility index (Phi) is 2.46. The van der Waals surface area contributed by atoms with Gasteiger partial charge in [0.05, 0.1) is 0 Å². The van der Waals surface area contributed by atoms with Crippen molar-refractivity contribution in [3.05, 3.63) is 30.0 Å². The molecule has 2 N–H and O–H groups in total. The number of rotatable bonds is 3. The summed E-state index contributed by atoms with van der Waals surface area (Å²) in [5.74, 6) is -2.64. The van der Waals surface area contributed by atoms with Crippen LogP contribution >= 0.6 is 0 Å². The first-order valence-electron chi connectivity index (χ1n) is 4.11. The lowest BCUT2D eigenvalue weighted by molar-refractivity contribution is 0.0687. The fourth-order valence-corrected chi connectivity index (χ4v) is 0.987. The van der Waals surface area contributed by atoms with E-state index in [-0.39, 0.29) is 11.6 Å². The molecule has 2 aromatic rings. The Morgan fingerprint density at radius 3 is 3.06 bits per heavy atom. The third-order valence-corrected chi connectivity index (χ3v) is 1.66. The molecule has 0 atom stereocenters. The van der Waals surface area contributed by atoms with Crippen LogP contribution in [0.4, 0.5) is 4.39 Å². The van der Waals surface area contributed by atoms with E-state index in [0.29, 0.717) is 0 Å². The lowest BCUT2D eigenvalue weighted by Crippen LogP contribution is -2.00. The second kappa shape index (κ2) is 3.93. The zero-order valence-electron chi connectivity index (χ0n) is 7.72. The first kappa shape index (κ1) is 10.0. The van der Waals surface area contributed by atoms with Crippen LogP contribution in [-0.2, 0) is 0 Å². The normalized spacial score (nSPS) is 10.1. The van der Waals surface area contributed by atoms with E-state index in [4.69, 9.17) is 9.84 Å². The topological polar surface area (TPSA) is 101 Å². The molecule has 0 saturated heterocycles. The molecule has 0 amide bonds. The van der Waals surface area contributed by atoms with Crippen LogP contribution < -0.4 is 4.74 Å². The van der Waals surface area contributed by atoms with Gasteiger partial charge >= 0.3 is 5.97 Å². The van der Waals surface area contributed by atoms with Gasteiger partial charge < -0.3 is 9.84 Å². The Balaban J connectivity index is 2.31. The van der Waals surface area contributed by atoms with Crippen LogP contribution in [0.2, 0.25) is 0 Å². The van der Waals surface area contributed by atoms with E-state index < -0.39 is 17.6 Å². The number of H-pyrrole nitrogens is 1. The van der Waals surface area contributed by atoms with E-state index in [9.17, 15) is 9.18 Å². The van der Waals surface area contributed by atoms with Gasteiger partial charge in [-0.25, -0.2) is 14.9 Å². The third kappa shape index (κ3) is 1.80. The molecule has 0 aromatic carbocycles. The average molecular weight is 224 g/mol. The van der Waals surface area contributed by atoms with E-state index in [1.54, 1.807) is 0 Å². The summed E-state index contributed by atoms with van der Waals surface area (Å²) in [6.07, 6.45) is 1.24. The van der Waals surface area contributed by atoms with Crippen LogP contribution in [0.15, 0.2) is 18.3 Å². The zero-order valence-corrected chi connectivity index (χ0v) is 7.72. The molecule has 2 aromatic heterocycles. The van der Waals surface area contributed by atoms with Gasteiger partial charge in [-0.2, -0.15) is 4.39 Å². The maximum absolute atomic E-state index is 13.1. The van der Waals surface area contributed by atoms with Crippen LogP contribution in [-0.4, -0.2) is 31.5 Å². The van der Waals surface area contributed by atoms with Crippen molar-refractivity contribution in [1.29, 1.82) is 0 Å². The summed E-state index contributed by atoms with van der Waals surface area (Å²) >= 11 is 0. The SMILES string of the molecule is O=C(O)c1nn[nH]c1Oc1cccnc1F. The number of halogens is 1. The molecular weight excluding hydrogens is 219 g/mol. The second-order valence-corrected chi connectivity index (χ2v) is 2.69. The van der Waals surface area contributed by atoms with Crippen molar-refractivity contribution in [2.75, 3.05) is 0 Å². The summed E-state index contributed by atoms with van der Waals surface area (Å²) in [5, 5.41) is 17.4. The van der Waals surface area contributed by atoms with Crippen molar-refractivity contribution >= 4 is 5.97 Å². The predicted molar refractivity (Wildman–Crippen MR) is 47.6 cm³/mol. The summed E-state index contributed by atoms with van der Waals surface area (Å²) in [5.41, 5.74) is -0.428. The molecule has 8 heteroatoms. The van der Waals surface area contributed by atoms with Gasteiger partial charge in [-0.3, -0.25) is 0 Å². The number of nitrogens with one attached hydrogen (secondary N) is 1. The molecule has 82 valence electrons. The van der Waals surface area contributed by atoms with Crippen LogP contribution in [0.3, 0.4) is 0 Å². The highest BCUT2D eigenvalue weighted by Gasteiger charge is 2.18. The Morgan fingerprint density at radius 1 is 1.56 bits per heavy atom. The van der Waals surface area contributed by atoms with E-state index in [1.807, 2.05) is 0 Å². The fourth-order valence-electron chi connectivity index (χ4n) is 0.987. The molecule has 0 saturated carbocycles. The minimum atomic E-state index is -1.33. The minimum Gasteiger partial charge on any atom is -0.476 e. The van der Waals surface area contributed by atoms with E-state index in [2.05, 4.69) is 20.4 Å². The third-order valence-electron chi connectivity index (χ3n) is 1.66. The van der Waals surface area contributed by atoms with Crippen LogP contribution in [0.1, 0.15) is 10.5 Å². The number of ether oxygens (including phenoxy) is 1. The maximum Gasteiger partial charge on any atom is 0.362 e. The number of carbonyl (C=O) groups is 1. The summed E-state index contributed by atoms with van der Waals surface area (Å²) in [6, 6.07) is 2.75. The summed E-state index contributed by atoms with van der Waals surface area (Å²) < 4.78 is 18.0. The highest BCUT2D eigenvalue weighted by Crippen LogP contribution is 2.22. The minimum absolute atomic E-state index is 0.212. The van der Waals surface area contributed by atoms with Gasteiger partial charge in [-0.1, -0.05) is 5.21 Å². The van der Waals surface area contributed by atoms with Crippen molar-refractivity contribution in [3.63, 3.8) is 0 Å². The number of carboxylic acid groups (broad SMARTS) is 1. The first-order valence-corrected chi connectivity index (χ1v) is 4.11. The number of pyridine rings is 1. The molecule has 0 spiro atoms. The van der Waals surface area contributed by atoms with E-state index in [1.165, 1.54) is 18.3 Å². The highest BCUT2D eigenvalue weighted by atomic mass is 19.1. The molecule has 2 rings (SSSR count). The van der Waals surface area contributed by atoms with Gasteiger partial charge in [0.15, 0.2) is 5.75 Å². The standard InChI is InChI=1S/C8H5FN4O3/c9-6-4(2-1-3-10-6)16-7-5(8(14)15)11-13-12-7/h1-3H,(H,14,15)(H,11,12,13). The van der Waals surface area contributed by atoms with Crippen LogP contribution in [0.5, 0.6) is 11.6 Å². The van der Waals surface area contributed by atoms with Crippen molar-refractivity contribution in [3.8, 4) is 11.6 Å². The Bertz CT molecular complexity index is 528. The molecule has 0 unspecified atom stereocenters. The monoisotopic (exact) mass is 224 g/mol. The average Bonchev–Trinajstić information content (AvgIpc) is 2.69. The molecule has 2 heterocycles. The molecule has 0 fully saturated rings. The molecule has 0 aliphatic rings. The number of aromatic nitrogens is 4.